The van der Waals surface area contributed by atoms with Gasteiger partial charge in [-0.2, -0.15) is 0 Å². The number of nitrogens with one attached hydrogen (secondary N) is 1. The molecular weight excluding hydrogens is 309 g/mol. The molecule has 0 saturated carbocycles. The number of pyridine rings is 1. The van der Waals surface area contributed by atoms with E-state index in [4.69, 9.17) is 21.1 Å². The van der Waals surface area contributed by atoms with Gasteiger partial charge in [0.25, 0.3) is 0 Å². The zero-order valence-electron chi connectivity index (χ0n) is 9.14. The summed E-state index contributed by atoms with van der Waals surface area (Å²) in [7, 11) is 2.98. The smallest absolute Gasteiger partial charge is 0.207 e. The maximum absolute atomic E-state index is 12.1. The van der Waals surface area contributed by atoms with Crippen LogP contribution in [-0.4, -0.2) is 19.2 Å². The molecule has 0 amide bonds. The first-order chi connectivity index (χ1) is 8.10. The third kappa shape index (κ3) is 1.89. The molecule has 2 aromatic rings. The molecule has 90 valence electrons. The first kappa shape index (κ1) is 12.3. The van der Waals surface area contributed by atoms with Crippen LogP contribution in [-0.2, 0) is 0 Å². The highest BCUT2D eigenvalue weighted by Gasteiger charge is 2.16. The van der Waals surface area contributed by atoms with Gasteiger partial charge in [-0.05, 0) is 15.9 Å². The summed E-state index contributed by atoms with van der Waals surface area (Å²) in [6, 6.07) is 1.60. The van der Waals surface area contributed by atoms with Crippen molar-refractivity contribution < 1.29 is 9.47 Å². The lowest BCUT2D eigenvalue weighted by molar-refractivity contribution is 0.410. The van der Waals surface area contributed by atoms with Gasteiger partial charge in [0.1, 0.15) is 5.75 Å². The lowest BCUT2D eigenvalue weighted by Crippen LogP contribution is -2.06. The summed E-state index contributed by atoms with van der Waals surface area (Å²) in [6.45, 7) is 0. The van der Waals surface area contributed by atoms with E-state index in [1.165, 1.54) is 14.2 Å². The van der Waals surface area contributed by atoms with E-state index in [0.29, 0.717) is 31.9 Å². The maximum atomic E-state index is 12.1. The van der Waals surface area contributed by atoms with Crippen molar-refractivity contribution in [2.24, 2.45) is 0 Å². The van der Waals surface area contributed by atoms with E-state index in [1.54, 1.807) is 12.3 Å². The number of ether oxygens (including phenoxy) is 2. The highest BCUT2D eigenvalue weighted by molar-refractivity contribution is 9.10. The predicted molar refractivity (Wildman–Crippen MR) is 70.4 cm³/mol. The fourth-order valence-corrected chi connectivity index (χ4v) is 2.23. The molecule has 0 aliphatic carbocycles. The van der Waals surface area contributed by atoms with Crippen LogP contribution in [0.3, 0.4) is 0 Å². The quantitative estimate of drug-likeness (QED) is 0.926. The summed E-state index contributed by atoms with van der Waals surface area (Å²) in [5.74, 6) is 0.834. The van der Waals surface area contributed by atoms with Gasteiger partial charge < -0.3 is 14.5 Å². The number of benzene rings is 1. The minimum atomic E-state index is -0.198. The fourth-order valence-electron chi connectivity index (χ4n) is 1.65. The molecule has 6 heteroatoms. The van der Waals surface area contributed by atoms with Crippen LogP contribution in [0.5, 0.6) is 11.5 Å². The van der Waals surface area contributed by atoms with Gasteiger partial charge in [0, 0.05) is 12.3 Å². The first-order valence-electron chi connectivity index (χ1n) is 4.71. The number of methoxy groups -OCH3 is 2. The average Bonchev–Trinajstić information content (AvgIpc) is 2.33. The van der Waals surface area contributed by atoms with Gasteiger partial charge in [-0.25, -0.2) is 0 Å². The minimum absolute atomic E-state index is 0.198. The molecule has 0 fully saturated rings. The SMILES string of the molecule is COc1cc(Cl)c(OC)c2c(=O)c(Br)c[nH]c12. The second kappa shape index (κ2) is 4.58. The van der Waals surface area contributed by atoms with Gasteiger partial charge in [-0.3, -0.25) is 4.79 Å². The summed E-state index contributed by atoms with van der Waals surface area (Å²) >= 11 is 9.21. The molecule has 1 heterocycles. The normalized spacial score (nSPS) is 10.6. The molecule has 1 N–H and O–H groups in total. The molecule has 1 aromatic carbocycles. The largest absolute Gasteiger partial charge is 0.494 e. The van der Waals surface area contributed by atoms with Crippen molar-refractivity contribution in [1.82, 2.24) is 4.98 Å². The molecule has 0 atom stereocenters. The van der Waals surface area contributed by atoms with Crippen LogP contribution in [0.1, 0.15) is 0 Å². The Morgan fingerprint density at radius 2 is 2.06 bits per heavy atom. The highest BCUT2D eigenvalue weighted by Crippen LogP contribution is 2.37. The molecule has 0 bridgehead atoms. The molecule has 0 saturated heterocycles. The monoisotopic (exact) mass is 317 g/mol. The number of hydrogen-bond acceptors (Lipinski definition) is 3. The Balaban J connectivity index is 3.04. The molecule has 1 aromatic heterocycles. The van der Waals surface area contributed by atoms with E-state index in [0.717, 1.165) is 0 Å². The Morgan fingerprint density at radius 1 is 1.35 bits per heavy atom. The van der Waals surface area contributed by atoms with E-state index >= 15 is 0 Å². The standard InChI is InChI=1S/C11H9BrClNO3/c1-16-7-3-6(13)11(17-2)8-9(7)14-4-5(12)10(8)15/h3-4H,1-2H3,(H,14,15). The Labute approximate surface area is 111 Å². The molecule has 0 aliphatic heterocycles. The van der Waals surface area contributed by atoms with Crippen molar-refractivity contribution in [3.05, 3.63) is 32.0 Å². The van der Waals surface area contributed by atoms with Crippen LogP contribution < -0.4 is 14.9 Å². The summed E-state index contributed by atoms with van der Waals surface area (Å²) in [5, 5.41) is 0.701. The van der Waals surface area contributed by atoms with E-state index in [2.05, 4.69) is 20.9 Å². The third-order valence-electron chi connectivity index (χ3n) is 2.41. The predicted octanol–water partition coefficient (Wildman–Crippen LogP) is 2.96. The van der Waals surface area contributed by atoms with Crippen LogP contribution in [0.4, 0.5) is 0 Å². The van der Waals surface area contributed by atoms with E-state index in [1.807, 2.05) is 0 Å². The lowest BCUT2D eigenvalue weighted by Gasteiger charge is -2.11. The van der Waals surface area contributed by atoms with Crippen molar-refractivity contribution in [3.63, 3.8) is 0 Å². The Morgan fingerprint density at radius 3 is 2.65 bits per heavy atom. The van der Waals surface area contributed by atoms with Crippen LogP contribution in [0.2, 0.25) is 5.02 Å². The summed E-state index contributed by atoms with van der Waals surface area (Å²) in [4.78, 5) is 15.0. The number of H-pyrrole nitrogens is 1. The third-order valence-corrected chi connectivity index (χ3v) is 3.28. The number of halogens is 2. The Kier molecular flexibility index (Phi) is 3.31. The summed E-state index contributed by atoms with van der Waals surface area (Å²) in [6.07, 6.45) is 1.56. The van der Waals surface area contributed by atoms with Crippen LogP contribution >= 0.6 is 27.5 Å². The summed E-state index contributed by atoms with van der Waals surface area (Å²) in [5.41, 5.74) is 0.360. The van der Waals surface area contributed by atoms with Crippen LogP contribution in [0.15, 0.2) is 21.5 Å². The fraction of sp³-hybridized carbons (Fsp3) is 0.182. The van der Waals surface area contributed by atoms with Crippen molar-refractivity contribution in [2.45, 2.75) is 0 Å². The molecular formula is C11H9BrClNO3. The van der Waals surface area contributed by atoms with Crippen LogP contribution in [0.25, 0.3) is 10.9 Å². The highest BCUT2D eigenvalue weighted by atomic mass is 79.9. The number of aromatic amines is 1. The average molecular weight is 319 g/mol. The maximum Gasteiger partial charge on any atom is 0.207 e. The summed E-state index contributed by atoms with van der Waals surface area (Å²) < 4.78 is 10.8. The molecule has 4 nitrogen and oxygen atoms in total. The number of fused-ring (bicyclic) bond motifs is 1. The lowest BCUT2D eigenvalue weighted by atomic mass is 10.2. The molecule has 0 unspecified atom stereocenters. The molecule has 0 radical (unpaired) electrons. The number of aromatic nitrogens is 1. The van der Waals surface area contributed by atoms with Gasteiger partial charge in [0.2, 0.25) is 5.43 Å². The second-order valence-electron chi connectivity index (χ2n) is 3.31. The molecule has 17 heavy (non-hydrogen) atoms. The van der Waals surface area contributed by atoms with Crippen molar-refractivity contribution in [1.29, 1.82) is 0 Å². The molecule has 0 aliphatic rings. The van der Waals surface area contributed by atoms with Crippen LogP contribution in [0, 0.1) is 0 Å². The molecule has 0 spiro atoms. The zero-order chi connectivity index (χ0) is 12.6. The zero-order valence-corrected chi connectivity index (χ0v) is 11.5. The Hall–Kier alpha value is -1.20. The Bertz CT molecular complexity index is 639. The first-order valence-corrected chi connectivity index (χ1v) is 5.88. The van der Waals surface area contributed by atoms with E-state index in [-0.39, 0.29) is 5.43 Å². The van der Waals surface area contributed by atoms with Gasteiger partial charge in [-0.1, -0.05) is 11.6 Å². The molecule has 2 rings (SSSR count). The van der Waals surface area contributed by atoms with E-state index < -0.39 is 0 Å². The van der Waals surface area contributed by atoms with Gasteiger partial charge >= 0.3 is 0 Å². The van der Waals surface area contributed by atoms with E-state index in [9.17, 15) is 4.79 Å². The van der Waals surface area contributed by atoms with Gasteiger partial charge in [0.15, 0.2) is 5.75 Å². The van der Waals surface area contributed by atoms with Gasteiger partial charge in [-0.15, -0.1) is 0 Å². The topological polar surface area (TPSA) is 51.3 Å². The number of rotatable bonds is 2. The van der Waals surface area contributed by atoms with Gasteiger partial charge in [0.05, 0.1) is 34.6 Å². The van der Waals surface area contributed by atoms with Crippen molar-refractivity contribution in [2.75, 3.05) is 14.2 Å². The van der Waals surface area contributed by atoms with Crippen molar-refractivity contribution in [3.8, 4) is 11.5 Å². The van der Waals surface area contributed by atoms with Crippen molar-refractivity contribution >= 4 is 38.4 Å². The number of hydrogen-bond donors (Lipinski definition) is 1. The minimum Gasteiger partial charge on any atom is -0.494 e. The second-order valence-corrected chi connectivity index (χ2v) is 4.57.